The van der Waals surface area contributed by atoms with Gasteiger partial charge in [0.05, 0.1) is 18.6 Å². The lowest BCUT2D eigenvalue weighted by molar-refractivity contribution is -0.133. The average Bonchev–Trinajstić information content (AvgIpc) is 3.03. The van der Waals surface area contributed by atoms with Crippen LogP contribution < -0.4 is 5.32 Å². The summed E-state index contributed by atoms with van der Waals surface area (Å²) in [7, 11) is 1.56. The van der Waals surface area contributed by atoms with E-state index in [1.165, 1.54) is 6.07 Å². The lowest BCUT2D eigenvalue weighted by atomic mass is 10.0. The van der Waals surface area contributed by atoms with Crippen LogP contribution in [0, 0.1) is 0 Å². The van der Waals surface area contributed by atoms with E-state index in [2.05, 4.69) is 5.32 Å². The fourth-order valence-corrected chi connectivity index (χ4v) is 3.18. The number of nitrogens with one attached hydrogen (secondary N) is 1. The Morgan fingerprint density at radius 3 is 2.65 bits per heavy atom. The smallest absolute Gasteiger partial charge is 0.345 e. The molecule has 7 nitrogen and oxygen atoms in total. The van der Waals surface area contributed by atoms with Crippen molar-refractivity contribution >= 4 is 29.1 Å². The van der Waals surface area contributed by atoms with Gasteiger partial charge in [-0.05, 0) is 18.9 Å². The molecule has 0 bridgehead atoms. The maximum atomic E-state index is 12.1. The van der Waals surface area contributed by atoms with Crippen molar-refractivity contribution in [3.8, 4) is 0 Å². The summed E-state index contributed by atoms with van der Waals surface area (Å²) in [5, 5.41) is 13.3. The van der Waals surface area contributed by atoms with E-state index < -0.39 is 5.97 Å². The number of nitrogens with zero attached hydrogens (tertiary/aromatic N) is 1. The van der Waals surface area contributed by atoms with E-state index in [1.807, 2.05) is 0 Å². The SMILES string of the molecule is COCCC(=O)N1CCC(NC(=O)c2csc(C(=O)O)c2)CC1. The first kappa shape index (κ1) is 17.4. The van der Waals surface area contributed by atoms with Crippen LogP contribution in [-0.4, -0.2) is 60.6 Å². The van der Waals surface area contributed by atoms with Gasteiger partial charge in [-0.25, -0.2) is 4.79 Å². The third kappa shape index (κ3) is 4.77. The molecule has 1 aliphatic heterocycles. The molecule has 2 heterocycles. The summed E-state index contributed by atoms with van der Waals surface area (Å²) in [5.41, 5.74) is 0.367. The van der Waals surface area contributed by atoms with Gasteiger partial charge < -0.3 is 20.1 Å². The number of thiophene rings is 1. The molecule has 1 fully saturated rings. The Bertz CT molecular complexity index is 578. The van der Waals surface area contributed by atoms with E-state index in [1.54, 1.807) is 17.4 Å². The van der Waals surface area contributed by atoms with Crippen LogP contribution in [0.15, 0.2) is 11.4 Å². The molecule has 0 aromatic carbocycles. The largest absolute Gasteiger partial charge is 0.477 e. The van der Waals surface area contributed by atoms with Gasteiger partial charge in [-0.15, -0.1) is 11.3 Å². The van der Waals surface area contributed by atoms with Crippen LogP contribution in [0.25, 0.3) is 0 Å². The highest BCUT2D eigenvalue weighted by atomic mass is 32.1. The fraction of sp³-hybridized carbons (Fsp3) is 0.533. The first-order chi connectivity index (χ1) is 11.0. The lowest BCUT2D eigenvalue weighted by Gasteiger charge is -2.32. The molecule has 1 aliphatic rings. The zero-order valence-electron chi connectivity index (χ0n) is 12.9. The second-order valence-electron chi connectivity index (χ2n) is 5.38. The molecule has 1 aromatic rings. The van der Waals surface area contributed by atoms with Gasteiger partial charge in [-0.1, -0.05) is 0 Å². The normalized spacial score (nSPS) is 15.4. The molecule has 0 spiro atoms. The zero-order chi connectivity index (χ0) is 16.8. The van der Waals surface area contributed by atoms with Crippen molar-refractivity contribution in [3.63, 3.8) is 0 Å². The van der Waals surface area contributed by atoms with Gasteiger partial charge >= 0.3 is 5.97 Å². The van der Waals surface area contributed by atoms with E-state index in [4.69, 9.17) is 9.84 Å². The Balaban J connectivity index is 1.80. The predicted molar refractivity (Wildman–Crippen MR) is 84.8 cm³/mol. The summed E-state index contributed by atoms with van der Waals surface area (Å²) < 4.78 is 4.90. The molecule has 1 aromatic heterocycles. The Labute approximate surface area is 138 Å². The highest BCUT2D eigenvalue weighted by Gasteiger charge is 2.24. The summed E-state index contributed by atoms with van der Waals surface area (Å²) in [5.74, 6) is -1.23. The summed E-state index contributed by atoms with van der Waals surface area (Å²) in [6, 6.07) is 1.38. The quantitative estimate of drug-likeness (QED) is 0.811. The van der Waals surface area contributed by atoms with E-state index in [9.17, 15) is 14.4 Å². The van der Waals surface area contributed by atoms with Gasteiger partial charge in [-0.2, -0.15) is 0 Å². The molecule has 0 aliphatic carbocycles. The van der Waals surface area contributed by atoms with Gasteiger partial charge in [-0.3, -0.25) is 9.59 Å². The van der Waals surface area contributed by atoms with Crippen molar-refractivity contribution in [1.29, 1.82) is 0 Å². The highest BCUT2D eigenvalue weighted by Crippen LogP contribution is 2.16. The van der Waals surface area contributed by atoms with Gasteiger partial charge in [0.25, 0.3) is 5.91 Å². The lowest BCUT2D eigenvalue weighted by Crippen LogP contribution is -2.46. The number of rotatable bonds is 6. The topological polar surface area (TPSA) is 95.9 Å². The van der Waals surface area contributed by atoms with Crippen molar-refractivity contribution < 1.29 is 24.2 Å². The second-order valence-corrected chi connectivity index (χ2v) is 6.29. The highest BCUT2D eigenvalue weighted by molar-refractivity contribution is 7.12. The van der Waals surface area contributed by atoms with Crippen LogP contribution in [0.4, 0.5) is 0 Å². The number of carbonyl (C=O) groups is 3. The Morgan fingerprint density at radius 1 is 1.39 bits per heavy atom. The van der Waals surface area contributed by atoms with Crippen LogP contribution in [0.3, 0.4) is 0 Å². The first-order valence-corrected chi connectivity index (χ1v) is 8.28. The van der Waals surface area contributed by atoms with Crippen LogP contribution >= 0.6 is 11.3 Å². The van der Waals surface area contributed by atoms with Gasteiger partial charge in [0.1, 0.15) is 4.88 Å². The van der Waals surface area contributed by atoms with E-state index in [0.29, 0.717) is 44.5 Å². The molecule has 0 saturated carbocycles. The van der Waals surface area contributed by atoms with Crippen molar-refractivity contribution in [2.24, 2.45) is 0 Å². The number of carboxylic acids is 1. The van der Waals surface area contributed by atoms with Gasteiger partial charge in [0, 0.05) is 31.6 Å². The van der Waals surface area contributed by atoms with Crippen molar-refractivity contribution in [1.82, 2.24) is 10.2 Å². The van der Waals surface area contributed by atoms with Crippen LogP contribution in [-0.2, 0) is 9.53 Å². The molecule has 0 unspecified atom stereocenters. The van der Waals surface area contributed by atoms with Crippen molar-refractivity contribution in [2.75, 3.05) is 26.8 Å². The molecule has 2 N–H and O–H groups in total. The molecule has 0 atom stereocenters. The molecule has 2 amide bonds. The third-order valence-corrected chi connectivity index (χ3v) is 4.69. The number of carbonyl (C=O) groups excluding carboxylic acids is 2. The average molecular weight is 340 g/mol. The maximum absolute atomic E-state index is 12.1. The van der Waals surface area contributed by atoms with Crippen molar-refractivity contribution in [3.05, 3.63) is 21.9 Å². The Hall–Kier alpha value is -1.93. The van der Waals surface area contributed by atoms with E-state index in [0.717, 1.165) is 11.3 Å². The number of hydrogen-bond donors (Lipinski definition) is 2. The number of amides is 2. The van der Waals surface area contributed by atoms with Crippen LogP contribution in [0.1, 0.15) is 39.3 Å². The number of aromatic carboxylic acids is 1. The third-order valence-electron chi connectivity index (χ3n) is 3.78. The number of piperidine rings is 1. The molecule has 0 radical (unpaired) electrons. The summed E-state index contributed by atoms with van der Waals surface area (Å²) >= 11 is 1.03. The van der Waals surface area contributed by atoms with Crippen LogP contribution in [0.2, 0.25) is 0 Å². The fourth-order valence-electron chi connectivity index (χ4n) is 2.46. The molecular weight excluding hydrogens is 320 g/mol. The Morgan fingerprint density at radius 2 is 2.09 bits per heavy atom. The predicted octanol–water partition coefficient (Wildman–Crippen LogP) is 1.20. The maximum Gasteiger partial charge on any atom is 0.345 e. The van der Waals surface area contributed by atoms with Crippen molar-refractivity contribution in [2.45, 2.75) is 25.3 Å². The molecule has 126 valence electrons. The summed E-state index contributed by atoms with van der Waals surface area (Å²) in [6.45, 7) is 1.63. The summed E-state index contributed by atoms with van der Waals surface area (Å²) in [6.07, 6.45) is 1.77. The number of hydrogen-bond acceptors (Lipinski definition) is 5. The zero-order valence-corrected chi connectivity index (χ0v) is 13.7. The first-order valence-electron chi connectivity index (χ1n) is 7.40. The number of ether oxygens (including phenoxy) is 1. The second kappa shape index (κ2) is 8.07. The molecule has 2 rings (SSSR count). The molecule has 1 saturated heterocycles. The minimum Gasteiger partial charge on any atom is -0.477 e. The minimum absolute atomic E-state index is 0.00199. The monoisotopic (exact) mass is 340 g/mol. The number of carboxylic acid groups (broad SMARTS) is 1. The summed E-state index contributed by atoms with van der Waals surface area (Å²) in [4.78, 5) is 36.8. The van der Waals surface area contributed by atoms with E-state index >= 15 is 0 Å². The molecule has 23 heavy (non-hydrogen) atoms. The number of likely N-dealkylation sites (tertiary alicyclic amines) is 1. The molecule has 8 heteroatoms. The Kier molecular flexibility index (Phi) is 6.12. The standard InChI is InChI=1S/C15H20N2O5S/c1-22-7-4-13(18)17-5-2-11(3-6-17)16-14(19)10-8-12(15(20)21)23-9-10/h8-9,11H,2-7H2,1H3,(H,16,19)(H,20,21). The van der Waals surface area contributed by atoms with E-state index in [-0.39, 0.29) is 22.7 Å². The molecular formula is C15H20N2O5S. The van der Waals surface area contributed by atoms with Gasteiger partial charge in [0.2, 0.25) is 5.91 Å². The van der Waals surface area contributed by atoms with Gasteiger partial charge in [0.15, 0.2) is 0 Å². The number of methoxy groups -OCH3 is 1. The van der Waals surface area contributed by atoms with Crippen LogP contribution in [0.5, 0.6) is 0 Å². The minimum atomic E-state index is -1.03.